The Morgan fingerprint density at radius 1 is 1.36 bits per heavy atom. The third-order valence-electron chi connectivity index (χ3n) is 4.87. The van der Waals surface area contributed by atoms with Crippen molar-refractivity contribution < 1.29 is 24.0 Å². The largest absolute Gasteiger partial charge is 0.466 e. The lowest BCUT2D eigenvalue weighted by Crippen LogP contribution is -2.51. The molecule has 0 spiro atoms. The molecule has 28 heavy (non-hydrogen) atoms. The highest BCUT2D eigenvalue weighted by molar-refractivity contribution is 7.10. The third kappa shape index (κ3) is 5.21. The molecule has 2 rings (SSSR count). The topological polar surface area (TPSA) is 99.0 Å². The van der Waals surface area contributed by atoms with Crippen LogP contribution in [0.15, 0.2) is 17.5 Å². The fraction of sp³-hybridized carbons (Fsp3) is 0.684. The van der Waals surface area contributed by atoms with E-state index in [9.17, 15) is 19.7 Å². The van der Waals surface area contributed by atoms with Gasteiger partial charge < -0.3 is 14.4 Å². The molecule has 0 N–H and O–H groups in total. The molecule has 1 aliphatic heterocycles. The maximum Gasteiger partial charge on any atom is 0.410 e. The van der Waals surface area contributed by atoms with Gasteiger partial charge in [0.2, 0.25) is 6.54 Å². The Bertz CT molecular complexity index is 690. The standard InChI is InChI=1S/C19H28N2O6S/c1-5-26-16(22)19(14(13-21(24)25)15-7-6-12-28-15)8-10-20(11-9-19)17(23)27-18(2,3)4/h6-7,12,14H,5,8-11,13H2,1-4H3. The van der Waals surface area contributed by atoms with E-state index < -0.39 is 29.0 Å². The van der Waals surface area contributed by atoms with Crippen molar-refractivity contribution in [3.8, 4) is 0 Å². The first-order valence-corrected chi connectivity index (χ1v) is 10.3. The fourth-order valence-corrected chi connectivity index (χ4v) is 4.50. The van der Waals surface area contributed by atoms with E-state index in [1.165, 1.54) is 11.3 Å². The molecule has 1 unspecified atom stereocenters. The van der Waals surface area contributed by atoms with Crippen LogP contribution >= 0.6 is 11.3 Å². The number of hydrogen-bond donors (Lipinski definition) is 0. The van der Waals surface area contributed by atoms with E-state index in [0.717, 1.165) is 4.88 Å². The molecule has 0 aromatic carbocycles. The van der Waals surface area contributed by atoms with E-state index in [2.05, 4.69) is 0 Å². The number of esters is 1. The second-order valence-corrected chi connectivity index (χ2v) is 8.91. The van der Waals surface area contributed by atoms with Crippen LogP contribution in [0, 0.1) is 15.5 Å². The number of nitro groups is 1. The van der Waals surface area contributed by atoms with E-state index >= 15 is 0 Å². The number of hydrogen-bond acceptors (Lipinski definition) is 7. The maximum atomic E-state index is 13.0. The number of thiophene rings is 1. The summed E-state index contributed by atoms with van der Waals surface area (Å²) in [7, 11) is 0. The van der Waals surface area contributed by atoms with E-state index in [1.807, 2.05) is 17.5 Å². The molecule has 9 heteroatoms. The van der Waals surface area contributed by atoms with Gasteiger partial charge in [-0.15, -0.1) is 11.3 Å². The highest BCUT2D eigenvalue weighted by Gasteiger charge is 2.52. The Morgan fingerprint density at radius 2 is 2.00 bits per heavy atom. The average molecular weight is 413 g/mol. The second kappa shape index (κ2) is 8.89. The summed E-state index contributed by atoms with van der Waals surface area (Å²) >= 11 is 1.40. The summed E-state index contributed by atoms with van der Waals surface area (Å²) in [5.41, 5.74) is -1.65. The lowest BCUT2D eigenvalue weighted by Gasteiger charge is -2.43. The van der Waals surface area contributed by atoms with E-state index in [-0.39, 0.29) is 31.2 Å². The zero-order valence-corrected chi connectivity index (χ0v) is 17.6. The zero-order valence-electron chi connectivity index (χ0n) is 16.8. The monoisotopic (exact) mass is 412 g/mol. The number of likely N-dealkylation sites (tertiary alicyclic amines) is 1. The molecular formula is C19H28N2O6S. The minimum Gasteiger partial charge on any atom is -0.466 e. The van der Waals surface area contributed by atoms with Crippen LogP contribution in [0.5, 0.6) is 0 Å². The van der Waals surface area contributed by atoms with Gasteiger partial charge in [-0.3, -0.25) is 14.9 Å². The van der Waals surface area contributed by atoms with Crippen LogP contribution in [-0.4, -0.2) is 53.7 Å². The van der Waals surface area contributed by atoms with Gasteiger partial charge in [0, 0.05) is 22.9 Å². The van der Waals surface area contributed by atoms with E-state index in [4.69, 9.17) is 9.47 Å². The summed E-state index contributed by atoms with van der Waals surface area (Å²) in [6.07, 6.45) is 0.148. The van der Waals surface area contributed by atoms with Crippen LogP contribution in [0.1, 0.15) is 51.3 Å². The number of nitrogens with zero attached hydrogens (tertiary/aromatic N) is 2. The molecule has 1 fully saturated rings. The maximum absolute atomic E-state index is 13.0. The average Bonchev–Trinajstić information content (AvgIpc) is 3.12. The van der Waals surface area contributed by atoms with Gasteiger partial charge in [-0.1, -0.05) is 6.07 Å². The molecule has 2 heterocycles. The summed E-state index contributed by atoms with van der Waals surface area (Å²) in [6.45, 7) is 7.51. The molecule has 0 saturated carbocycles. The molecule has 1 aromatic heterocycles. The van der Waals surface area contributed by atoms with Crippen molar-refractivity contribution in [1.82, 2.24) is 4.90 Å². The van der Waals surface area contributed by atoms with Crippen molar-refractivity contribution in [2.24, 2.45) is 5.41 Å². The van der Waals surface area contributed by atoms with Crippen molar-refractivity contribution in [3.63, 3.8) is 0 Å². The highest BCUT2D eigenvalue weighted by atomic mass is 32.1. The van der Waals surface area contributed by atoms with Crippen LogP contribution < -0.4 is 0 Å². The minimum atomic E-state index is -1.04. The fourth-order valence-electron chi connectivity index (χ4n) is 3.56. The van der Waals surface area contributed by atoms with Crippen molar-refractivity contribution in [1.29, 1.82) is 0 Å². The SMILES string of the molecule is CCOC(=O)C1(C(C[N+](=O)[O-])c2cccs2)CCN(C(=O)OC(C)(C)C)CC1. The number of rotatable bonds is 6. The minimum absolute atomic E-state index is 0.200. The van der Waals surface area contributed by atoms with Gasteiger partial charge >= 0.3 is 12.1 Å². The Hall–Kier alpha value is -2.16. The van der Waals surface area contributed by atoms with Gasteiger partial charge in [0.15, 0.2) is 0 Å². The molecule has 1 amide bonds. The molecule has 156 valence electrons. The summed E-state index contributed by atoms with van der Waals surface area (Å²) in [5.74, 6) is -1.03. The van der Waals surface area contributed by atoms with Gasteiger partial charge in [0.05, 0.1) is 17.9 Å². The predicted molar refractivity (Wildman–Crippen MR) is 105 cm³/mol. The van der Waals surface area contributed by atoms with Crippen LogP contribution in [0.2, 0.25) is 0 Å². The molecular weight excluding hydrogens is 384 g/mol. The molecule has 1 aliphatic rings. The van der Waals surface area contributed by atoms with Gasteiger partial charge in [0.1, 0.15) is 5.60 Å². The summed E-state index contributed by atoms with van der Waals surface area (Å²) in [5, 5.41) is 13.2. The quantitative estimate of drug-likeness (QED) is 0.401. The van der Waals surface area contributed by atoms with Gasteiger partial charge in [-0.25, -0.2) is 4.79 Å². The number of carbonyl (C=O) groups excluding carboxylic acids is 2. The predicted octanol–water partition coefficient (Wildman–Crippen LogP) is 3.69. The van der Waals surface area contributed by atoms with E-state index in [0.29, 0.717) is 12.8 Å². The smallest absolute Gasteiger partial charge is 0.410 e. The molecule has 1 atom stereocenters. The normalized spacial score (nSPS) is 17.6. The lowest BCUT2D eigenvalue weighted by molar-refractivity contribution is -0.486. The lowest BCUT2D eigenvalue weighted by atomic mass is 9.68. The van der Waals surface area contributed by atoms with Crippen LogP contribution in [0.4, 0.5) is 4.79 Å². The highest BCUT2D eigenvalue weighted by Crippen LogP contribution is 2.47. The van der Waals surface area contributed by atoms with Crippen LogP contribution in [-0.2, 0) is 14.3 Å². The Kier molecular flexibility index (Phi) is 7.03. The molecule has 8 nitrogen and oxygen atoms in total. The van der Waals surface area contributed by atoms with Gasteiger partial charge in [0.25, 0.3) is 0 Å². The zero-order chi connectivity index (χ0) is 20.9. The molecule has 0 bridgehead atoms. The molecule has 0 radical (unpaired) electrons. The van der Waals surface area contributed by atoms with Crippen LogP contribution in [0.3, 0.4) is 0 Å². The summed E-state index contributed by atoms with van der Waals surface area (Å²) < 4.78 is 10.7. The number of ether oxygens (including phenoxy) is 2. The Labute approximate surface area is 169 Å². The van der Waals surface area contributed by atoms with Gasteiger partial charge in [-0.2, -0.15) is 0 Å². The molecule has 0 aliphatic carbocycles. The first kappa shape index (κ1) is 22.1. The molecule has 1 aromatic rings. The Morgan fingerprint density at radius 3 is 2.46 bits per heavy atom. The first-order valence-electron chi connectivity index (χ1n) is 9.39. The van der Waals surface area contributed by atoms with Crippen molar-refractivity contribution in [2.45, 2.75) is 52.1 Å². The van der Waals surface area contributed by atoms with Crippen molar-refractivity contribution >= 4 is 23.4 Å². The van der Waals surface area contributed by atoms with Crippen LogP contribution in [0.25, 0.3) is 0 Å². The first-order chi connectivity index (χ1) is 13.1. The van der Waals surface area contributed by atoms with Gasteiger partial charge in [-0.05, 0) is 52.0 Å². The summed E-state index contributed by atoms with van der Waals surface area (Å²) in [4.78, 5) is 38.7. The second-order valence-electron chi connectivity index (χ2n) is 7.93. The van der Waals surface area contributed by atoms with Crippen molar-refractivity contribution in [2.75, 3.05) is 26.2 Å². The number of amides is 1. The Balaban J connectivity index is 2.29. The number of carbonyl (C=O) groups is 2. The van der Waals surface area contributed by atoms with E-state index in [1.54, 1.807) is 32.6 Å². The summed E-state index contributed by atoms with van der Waals surface area (Å²) in [6, 6.07) is 3.64. The number of piperidine rings is 1. The third-order valence-corrected chi connectivity index (χ3v) is 5.86. The van der Waals surface area contributed by atoms with Crippen molar-refractivity contribution in [3.05, 3.63) is 32.5 Å². The molecule has 1 saturated heterocycles.